The highest BCUT2D eigenvalue weighted by molar-refractivity contribution is 5.87. The summed E-state index contributed by atoms with van der Waals surface area (Å²) < 4.78 is 5.49. The summed E-state index contributed by atoms with van der Waals surface area (Å²) in [5.41, 5.74) is 1.08. The standard InChI is InChI=1S/C15H17NO2/c1-3-8-15(17)16-11-6-7-12-18-14-10-5-4-9-13(14)2/h3-5,8-10H,11-12H2,1-2H3,(H,16,17)/b8-3+. The molecule has 94 valence electrons. The molecule has 0 heterocycles. The summed E-state index contributed by atoms with van der Waals surface area (Å²) in [6.07, 6.45) is 3.15. The lowest BCUT2D eigenvalue weighted by molar-refractivity contribution is -0.116. The van der Waals surface area contributed by atoms with Gasteiger partial charge in [-0.05, 0) is 31.6 Å². The Kier molecular flexibility index (Phi) is 6.13. The van der Waals surface area contributed by atoms with Crippen molar-refractivity contribution in [2.75, 3.05) is 13.2 Å². The molecule has 0 radical (unpaired) electrons. The largest absolute Gasteiger partial charge is 0.481 e. The van der Waals surface area contributed by atoms with Crippen LogP contribution in [0, 0.1) is 18.8 Å². The van der Waals surface area contributed by atoms with Gasteiger partial charge < -0.3 is 10.1 Å². The lowest BCUT2D eigenvalue weighted by atomic mass is 10.2. The molecule has 0 aliphatic rings. The fourth-order valence-electron chi connectivity index (χ4n) is 1.29. The number of hydrogen-bond acceptors (Lipinski definition) is 2. The van der Waals surface area contributed by atoms with Crippen LogP contribution in [0.5, 0.6) is 5.75 Å². The zero-order valence-electron chi connectivity index (χ0n) is 10.7. The van der Waals surface area contributed by atoms with Gasteiger partial charge in [0.25, 0.3) is 0 Å². The zero-order valence-corrected chi connectivity index (χ0v) is 10.7. The van der Waals surface area contributed by atoms with Gasteiger partial charge in [-0.25, -0.2) is 0 Å². The number of hydrogen-bond donors (Lipinski definition) is 1. The maximum atomic E-state index is 11.0. The molecule has 1 aromatic rings. The van der Waals surface area contributed by atoms with Gasteiger partial charge in [-0.1, -0.05) is 36.1 Å². The van der Waals surface area contributed by atoms with Gasteiger partial charge in [-0.2, -0.15) is 0 Å². The first-order chi connectivity index (χ1) is 8.74. The summed E-state index contributed by atoms with van der Waals surface area (Å²) in [7, 11) is 0. The van der Waals surface area contributed by atoms with Crippen LogP contribution in [0.3, 0.4) is 0 Å². The first kappa shape index (κ1) is 13.9. The van der Waals surface area contributed by atoms with Gasteiger partial charge in [0.15, 0.2) is 0 Å². The van der Waals surface area contributed by atoms with Crippen LogP contribution in [0.15, 0.2) is 36.4 Å². The van der Waals surface area contributed by atoms with E-state index in [2.05, 4.69) is 17.2 Å². The van der Waals surface area contributed by atoms with Gasteiger partial charge in [0, 0.05) is 0 Å². The van der Waals surface area contributed by atoms with Crippen molar-refractivity contribution in [2.45, 2.75) is 13.8 Å². The Balaban J connectivity index is 2.27. The van der Waals surface area contributed by atoms with E-state index in [1.54, 1.807) is 13.0 Å². The van der Waals surface area contributed by atoms with Gasteiger partial charge in [0.1, 0.15) is 12.4 Å². The topological polar surface area (TPSA) is 38.3 Å². The van der Waals surface area contributed by atoms with E-state index in [-0.39, 0.29) is 5.91 Å². The van der Waals surface area contributed by atoms with Crippen LogP contribution in [-0.2, 0) is 4.79 Å². The van der Waals surface area contributed by atoms with Gasteiger partial charge in [-0.3, -0.25) is 4.79 Å². The number of aryl methyl sites for hydroxylation is 1. The number of amides is 1. The van der Waals surface area contributed by atoms with E-state index in [4.69, 9.17) is 4.74 Å². The molecule has 0 unspecified atom stereocenters. The van der Waals surface area contributed by atoms with E-state index < -0.39 is 0 Å². The summed E-state index contributed by atoms with van der Waals surface area (Å²) in [6, 6.07) is 7.78. The molecule has 1 rings (SSSR count). The zero-order chi connectivity index (χ0) is 13.2. The number of benzene rings is 1. The molecular formula is C15H17NO2. The van der Waals surface area contributed by atoms with Gasteiger partial charge in [0.2, 0.25) is 5.91 Å². The van der Waals surface area contributed by atoms with Crippen LogP contribution in [-0.4, -0.2) is 19.1 Å². The van der Waals surface area contributed by atoms with Crippen LogP contribution >= 0.6 is 0 Å². The third-order valence-electron chi connectivity index (χ3n) is 2.19. The summed E-state index contributed by atoms with van der Waals surface area (Å²) >= 11 is 0. The van der Waals surface area contributed by atoms with Crippen molar-refractivity contribution in [3.05, 3.63) is 42.0 Å². The van der Waals surface area contributed by atoms with E-state index in [0.717, 1.165) is 11.3 Å². The molecular weight excluding hydrogens is 226 g/mol. The molecule has 0 spiro atoms. The smallest absolute Gasteiger partial charge is 0.244 e. The molecule has 0 atom stereocenters. The van der Waals surface area contributed by atoms with Gasteiger partial charge >= 0.3 is 0 Å². The van der Waals surface area contributed by atoms with E-state index in [1.807, 2.05) is 31.2 Å². The molecule has 1 amide bonds. The number of nitrogens with one attached hydrogen (secondary N) is 1. The highest BCUT2D eigenvalue weighted by atomic mass is 16.5. The van der Waals surface area contributed by atoms with Gasteiger partial charge in [0.05, 0.1) is 6.54 Å². The van der Waals surface area contributed by atoms with Crippen molar-refractivity contribution in [2.24, 2.45) is 0 Å². The van der Waals surface area contributed by atoms with Crippen molar-refractivity contribution in [3.8, 4) is 17.6 Å². The molecule has 3 heteroatoms. The van der Waals surface area contributed by atoms with Crippen molar-refractivity contribution < 1.29 is 9.53 Å². The highest BCUT2D eigenvalue weighted by Crippen LogP contribution is 2.15. The van der Waals surface area contributed by atoms with Crippen LogP contribution in [0.1, 0.15) is 12.5 Å². The van der Waals surface area contributed by atoms with Gasteiger partial charge in [-0.15, -0.1) is 0 Å². The number of carbonyl (C=O) groups excluding carboxylic acids is 1. The Bertz CT molecular complexity index is 481. The Hall–Kier alpha value is -2.21. The summed E-state index contributed by atoms with van der Waals surface area (Å²) in [4.78, 5) is 11.0. The molecule has 3 nitrogen and oxygen atoms in total. The summed E-state index contributed by atoms with van der Waals surface area (Å²) in [5.74, 6) is 6.38. The maximum Gasteiger partial charge on any atom is 0.244 e. The molecule has 1 N–H and O–H groups in total. The molecule has 0 aliphatic carbocycles. The van der Waals surface area contributed by atoms with Crippen molar-refractivity contribution in [1.82, 2.24) is 5.32 Å². The third kappa shape index (κ3) is 5.22. The minimum atomic E-state index is -0.133. The Labute approximate surface area is 108 Å². The first-order valence-corrected chi connectivity index (χ1v) is 5.78. The van der Waals surface area contributed by atoms with Crippen molar-refractivity contribution in [1.29, 1.82) is 0 Å². The lowest BCUT2D eigenvalue weighted by Gasteiger charge is -2.04. The van der Waals surface area contributed by atoms with E-state index >= 15 is 0 Å². The highest BCUT2D eigenvalue weighted by Gasteiger charge is 1.94. The molecule has 0 saturated carbocycles. The maximum absolute atomic E-state index is 11.0. The normalized spacial score (nSPS) is 9.67. The second kappa shape index (κ2) is 7.97. The minimum Gasteiger partial charge on any atom is -0.481 e. The Morgan fingerprint density at radius 3 is 2.89 bits per heavy atom. The lowest BCUT2D eigenvalue weighted by Crippen LogP contribution is -2.21. The third-order valence-corrected chi connectivity index (χ3v) is 2.19. The molecule has 1 aromatic carbocycles. The van der Waals surface area contributed by atoms with E-state index in [0.29, 0.717) is 13.2 Å². The quantitative estimate of drug-likeness (QED) is 0.649. The molecule has 0 saturated heterocycles. The SMILES string of the molecule is C/C=C/C(=O)NCC#CCOc1ccccc1C. The monoisotopic (exact) mass is 243 g/mol. The molecule has 18 heavy (non-hydrogen) atoms. The number of ether oxygens (including phenoxy) is 1. The molecule has 0 bridgehead atoms. The predicted molar refractivity (Wildman–Crippen MR) is 72.3 cm³/mol. The molecule has 0 aromatic heterocycles. The number of rotatable bonds is 4. The van der Waals surface area contributed by atoms with Crippen LogP contribution < -0.4 is 10.1 Å². The van der Waals surface area contributed by atoms with Crippen molar-refractivity contribution >= 4 is 5.91 Å². The number of carbonyl (C=O) groups is 1. The molecule has 0 aliphatic heterocycles. The predicted octanol–water partition coefficient (Wildman–Crippen LogP) is 2.07. The number of allylic oxidation sites excluding steroid dienone is 1. The average molecular weight is 243 g/mol. The minimum absolute atomic E-state index is 0.133. The van der Waals surface area contributed by atoms with E-state index in [1.165, 1.54) is 6.08 Å². The van der Waals surface area contributed by atoms with Crippen LogP contribution in [0.4, 0.5) is 0 Å². The fraction of sp³-hybridized carbons (Fsp3) is 0.267. The van der Waals surface area contributed by atoms with Crippen LogP contribution in [0.2, 0.25) is 0 Å². The second-order valence-electron chi connectivity index (χ2n) is 3.63. The Morgan fingerprint density at radius 2 is 2.17 bits per heavy atom. The van der Waals surface area contributed by atoms with Crippen LogP contribution in [0.25, 0.3) is 0 Å². The Morgan fingerprint density at radius 1 is 1.39 bits per heavy atom. The summed E-state index contributed by atoms with van der Waals surface area (Å²) in [5, 5.41) is 2.64. The average Bonchev–Trinajstić information content (AvgIpc) is 2.36. The molecule has 0 fully saturated rings. The summed E-state index contributed by atoms with van der Waals surface area (Å²) in [6.45, 7) is 4.44. The van der Waals surface area contributed by atoms with Crippen molar-refractivity contribution in [3.63, 3.8) is 0 Å². The number of para-hydroxylation sites is 1. The fourth-order valence-corrected chi connectivity index (χ4v) is 1.29. The van der Waals surface area contributed by atoms with E-state index in [9.17, 15) is 4.79 Å². The second-order valence-corrected chi connectivity index (χ2v) is 3.63. The first-order valence-electron chi connectivity index (χ1n) is 5.78.